The van der Waals surface area contributed by atoms with Crippen LogP contribution in [0.2, 0.25) is 0 Å². The van der Waals surface area contributed by atoms with Crippen LogP contribution in [0.4, 0.5) is 4.79 Å². The van der Waals surface area contributed by atoms with Crippen LogP contribution < -0.4 is 10.6 Å². The molecule has 0 saturated heterocycles. The van der Waals surface area contributed by atoms with Crippen LogP contribution in [0.3, 0.4) is 0 Å². The fourth-order valence-electron chi connectivity index (χ4n) is 5.73. The van der Waals surface area contributed by atoms with Crippen LogP contribution in [0.5, 0.6) is 0 Å². The van der Waals surface area contributed by atoms with Crippen molar-refractivity contribution in [1.29, 1.82) is 0 Å². The molecule has 0 aromatic heterocycles. The zero-order valence-electron chi connectivity index (χ0n) is 19.8. The molecule has 2 atom stereocenters. The average Bonchev–Trinajstić information content (AvgIpc) is 3.56. The molecule has 3 aliphatic rings. The number of carboxylic acid groups (broad SMARTS) is 1. The Bertz CT molecular complexity index is 1080. The molecule has 35 heavy (non-hydrogen) atoms. The third-order valence-corrected chi connectivity index (χ3v) is 7.73. The van der Waals surface area contributed by atoms with Crippen LogP contribution in [0.1, 0.15) is 68.4 Å². The van der Waals surface area contributed by atoms with Crippen molar-refractivity contribution in [3.05, 3.63) is 59.7 Å². The number of nitrogens with one attached hydrogen (secondary N) is 2. The summed E-state index contributed by atoms with van der Waals surface area (Å²) in [7, 11) is 0. The summed E-state index contributed by atoms with van der Waals surface area (Å²) in [5.74, 6) is -1.47. The highest BCUT2D eigenvalue weighted by Gasteiger charge is 2.47. The van der Waals surface area contributed by atoms with Crippen LogP contribution in [0, 0.1) is 5.92 Å². The number of carbonyl (C=O) groups is 3. The molecule has 2 saturated carbocycles. The number of rotatable bonds is 7. The first kappa shape index (κ1) is 23.4. The van der Waals surface area contributed by atoms with Gasteiger partial charge in [-0.3, -0.25) is 9.59 Å². The number of carboxylic acids is 1. The molecule has 2 aromatic rings. The number of hydrogen-bond acceptors (Lipinski definition) is 4. The zero-order valence-corrected chi connectivity index (χ0v) is 19.8. The number of ether oxygens (including phenoxy) is 1. The predicted molar refractivity (Wildman–Crippen MR) is 131 cm³/mol. The lowest BCUT2D eigenvalue weighted by atomic mass is 9.93. The van der Waals surface area contributed by atoms with Crippen LogP contribution >= 0.6 is 0 Å². The van der Waals surface area contributed by atoms with Gasteiger partial charge in [0.2, 0.25) is 5.91 Å². The summed E-state index contributed by atoms with van der Waals surface area (Å²) in [6, 6.07) is 16.1. The van der Waals surface area contributed by atoms with E-state index in [1.165, 1.54) is 11.1 Å². The number of alkyl carbamates (subject to hydrolysis) is 1. The molecule has 7 heteroatoms. The summed E-state index contributed by atoms with van der Waals surface area (Å²) < 4.78 is 5.72. The lowest BCUT2D eigenvalue weighted by Crippen LogP contribution is -2.50. The smallest absolute Gasteiger partial charge is 0.407 e. The molecule has 5 rings (SSSR count). The SMILES string of the molecule is O=C(O)CC1(NC(=O)[C@H]2CCCCC[C@H]2NC(=O)OCC2c3ccccc3-c3ccccc32)CC1. The van der Waals surface area contributed by atoms with E-state index in [9.17, 15) is 19.5 Å². The van der Waals surface area contributed by atoms with Crippen molar-refractivity contribution in [2.45, 2.75) is 68.9 Å². The Balaban J connectivity index is 1.23. The lowest BCUT2D eigenvalue weighted by Gasteiger charge is -2.27. The van der Waals surface area contributed by atoms with E-state index in [2.05, 4.69) is 34.9 Å². The van der Waals surface area contributed by atoms with Crippen molar-refractivity contribution in [3.8, 4) is 11.1 Å². The second kappa shape index (κ2) is 9.72. The molecule has 7 nitrogen and oxygen atoms in total. The van der Waals surface area contributed by atoms with Gasteiger partial charge in [0.1, 0.15) is 6.61 Å². The highest BCUT2D eigenvalue weighted by molar-refractivity contribution is 5.83. The van der Waals surface area contributed by atoms with Crippen LogP contribution in [-0.2, 0) is 14.3 Å². The van der Waals surface area contributed by atoms with Gasteiger partial charge < -0.3 is 20.5 Å². The Morgan fingerprint density at radius 1 is 0.914 bits per heavy atom. The molecule has 0 spiro atoms. The molecule has 3 aliphatic carbocycles. The molecule has 2 amide bonds. The summed E-state index contributed by atoms with van der Waals surface area (Å²) >= 11 is 0. The molecule has 0 aliphatic heterocycles. The molecule has 0 bridgehead atoms. The van der Waals surface area contributed by atoms with Gasteiger partial charge >= 0.3 is 12.1 Å². The molecule has 2 aromatic carbocycles. The summed E-state index contributed by atoms with van der Waals surface area (Å²) in [5.41, 5.74) is 4.03. The van der Waals surface area contributed by atoms with Crippen molar-refractivity contribution in [2.75, 3.05) is 6.61 Å². The maximum atomic E-state index is 13.1. The van der Waals surface area contributed by atoms with E-state index in [1.54, 1.807) is 0 Å². The minimum atomic E-state index is -0.906. The van der Waals surface area contributed by atoms with Crippen molar-refractivity contribution in [1.82, 2.24) is 10.6 Å². The Morgan fingerprint density at radius 2 is 1.54 bits per heavy atom. The molecule has 0 radical (unpaired) electrons. The highest BCUT2D eigenvalue weighted by atomic mass is 16.5. The monoisotopic (exact) mass is 476 g/mol. The van der Waals surface area contributed by atoms with Gasteiger partial charge in [-0.15, -0.1) is 0 Å². The Hall–Kier alpha value is -3.35. The fourth-order valence-corrected chi connectivity index (χ4v) is 5.73. The number of aliphatic carboxylic acids is 1. The van der Waals surface area contributed by atoms with E-state index in [0.29, 0.717) is 25.7 Å². The second-order valence-electron chi connectivity index (χ2n) is 10.2. The summed E-state index contributed by atoms with van der Waals surface area (Å²) in [4.78, 5) is 37.2. The minimum absolute atomic E-state index is 0.0212. The van der Waals surface area contributed by atoms with E-state index in [0.717, 1.165) is 30.4 Å². The van der Waals surface area contributed by atoms with Crippen molar-refractivity contribution in [3.63, 3.8) is 0 Å². The molecular weight excluding hydrogens is 444 g/mol. The number of amides is 2. The van der Waals surface area contributed by atoms with Gasteiger partial charge in [0.25, 0.3) is 0 Å². The third kappa shape index (κ3) is 5.04. The molecule has 3 N–H and O–H groups in total. The van der Waals surface area contributed by atoms with E-state index in [-0.39, 0.29) is 36.8 Å². The maximum Gasteiger partial charge on any atom is 0.407 e. The van der Waals surface area contributed by atoms with E-state index < -0.39 is 17.6 Å². The number of hydrogen-bond donors (Lipinski definition) is 3. The molecule has 0 unspecified atom stereocenters. The topological polar surface area (TPSA) is 105 Å². The van der Waals surface area contributed by atoms with E-state index in [4.69, 9.17) is 4.74 Å². The first-order valence-electron chi connectivity index (χ1n) is 12.6. The van der Waals surface area contributed by atoms with Crippen molar-refractivity contribution in [2.24, 2.45) is 5.92 Å². The largest absolute Gasteiger partial charge is 0.481 e. The molecular formula is C28H32N2O5. The van der Waals surface area contributed by atoms with Gasteiger partial charge in [0, 0.05) is 12.0 Å². The normalized spacial score (nSPS) is 22.3. The second-order valence-corrected chi connectivity index (χ2v) is 10.2. The van der Waals surface area contributed by atoms with Crippen LogP contribution in [0.15, 0.2) is 48.5 Å². The van der Waals surface area contributed by atoms with Crippen molar-refractivity contribution >= 4 is 18.0 Å². The van der Waals surface area contributed by atoms with Gasteiger partial charge in [-0.1, -0.05) is 67.8 Å². The lowest BCUT2D eigenvalue weighted by molar-refractivity contribution is -0.138. The predicted octanol–water partition coefficient (Wildman–Crippen LogP) is 4.60. The summed E-state index contributed by atoms with van der Waals surface area (Å²) in [6.45, 7) is 0.227. The third-order valence-electron chi connectivity index (χ3n) is 7.73. The Labute approximate surface area is 205 Å². The van der Waals surface area contributed by atoms with Gasteiger partial charge in [-0.05, 0) is 47.9 Å². The zero-order chi connectivity index (χ0) is 24.4. The quantitative estimate of drug-likeness (QED) is 0.507. The summed E-state index contributed by atoms with van der Waals surface area (Å²) in [5, 5.41) is 15.1. The number of carbonyl (C=O) groups excluding carboxylic acids is 2. The van der Waals surface area contributed by atoms with Crippen molar-refractivity contribution < 1.29 is 24.2 Å². The summed E-state index contributed by atoms with van der Waals surface area (Å²) in [6.07, 6.45) is 5.01. The average molecular weight is 477 g/mol. The van der Waals surface area contributed by atoms with Gasteiger partial charge in [-0.25, -0.2) is 4.79 Å². The number of benzene rings is 2. The van der Waals surface area contributed by atoms with Gasteiger partial charge in [0.05, 0.1) is 17.9 Å². The standard InChI is InChI=1S/C28H32N2O5/c31-25(32)16-28(14-15-28)30-26(33)22-12-2-1-3-13-24(22)29-27(34)35-17-23-20-10-6-4-8-18(20)19-9-5-7-11-21(19)23/h4-11,22-24H,1-3,12-17H2,(H,29,34)(H,30,33)(H,31,32)/t22-,24+/m0/s1. The number of fused-ring (bicyclic) bond motifs is 3. The Kier molecular flexibility index (Phi) is 6.50. The van der Waals surface area contributed by atoms with Gasteiger partial charge in [-0.2, -0.15) is 0 Å². The first-order valence-corrected chi connectivity index (χ1v) is 12.6. The maximum absolute atomic E-state index is 13.1. The fraction of sp³-hybridized carbons (Fsp3) is 0.464. The van der Waals surface area contributed by atoms with E-state index >= 15 is 0 Å². The van der Waals surface area contributed by atoms with Gasteiger partial charge in [0.15, 0.2) is 0 Å². The highest BCUT2D eigenvalue weighted by Crippen LogP contribution is 2.44. The molecule has 2 fully saturated rings. The van der Waals surface area contributed by atoms with E-state index in [1.807, 2.05) is 24.3 Å². The van der Waals surface area contributed by atoms with Crippen LogP contribution in [-0.4, -0.2) is 41.3 Å². The minimum Gasteiger partial charge on any atom is -0.481 e. The Morgan fingerprint density at radius 3 is 2.17 bits per heavy atom. The first-order chi connectivity index (χ1) is 17.0. The molecule has 0 heterocycles. The van der Waals surface area contributed by atoms with Crippen LogP contribution in [0.25, 0.3) is 11.1 Å². The molecule has 184 valence electrons.